The molecule has 2 N–H and O–H groups in total. The first-order valence-corrected chi connectivity index (χ1v) is 4.81. The van der Waals surface area contributed by atoms with Gasteiger partial charge in [0, 0.05) is 12.2 Å². The van der Waals surface area contributed by atoms with Crippen molar-refractivity contribution in [3.05, 3.63) is 29.3 Å². The van der Waals surface area contributed by atoms with Crippen LogP contribution in [0, 0.1) is 22.7 Å². The van der Waals surface area contributed by atoms with Gasteiger partial charge in [0.15, 0.2) is 6.10 Å². The van der Waals surface area contributed by atoms with Gasteiger partial charge in [-0.2, -0.15) is 23.7 Å². The number of rotatable bonds is 3. The van der Waals surface area contributed by atoms with Crippen LogP contribution in [0.2, 0.25) is 0 Å². The molecule has 0 saturated carbocycles. The molecule has 0 saturated heterocycles. The van der Waals surface area contributed by atoms with Gasteiger partial charge in [-0.05, 0) is 18.2 Å². The van der Waals surface area contributed by atoms with Gasteiger partial charge < -0.3 is 10.4 Å². The third-order valence-electron chi connectivity index (χ3n) is 2.14. The molecule has 1 unspecified atom stereocenters. The molecule has 18 heavy (non-hydrogen) atoms. The van der Waals surface area contributed by atoms with Crippen LogP contribution < -0.4 is 5.32 Å². The van der Waals surface area contributed by atoms with E-state index in [1.807, 2.05) is 0 Å². The minimum absolute atomic E-state index is 0.0593. The highest BCUT2D eigenvalue weighted by atomic mass is 19.4. The maximum atomic E-state index is 12.0. The summed E-state index contributed by atoms with van der Waals surface area (Å²) in [6.45, 7) is -0.722. The molecule has 0 aliphatic rings. The lowest BCUT2D eigenvalue weighted by Crippen LogP contribution is -2.35. The van der Waals surface area contributed by atoms with Gasteiger partial charge >= 0.3 is 6.18 Å². The van der Waals surface area contributed by atoms with Crippen molar-refractivity contribution in [1.82, 2.24) is 0 Å². The smallest absolute Gasteiger partial charge is 0.382 e. The van der Waals surface area contributed by atoms with Crippen molar-refractivity contribution >= 4 is 5.69 Å². The number of aliphatic hydroxyl groups is 1. The quantitative estimate of drug-likeness (QED) is 0.862. The Morgan fingerprint density at radius 1 is 1.22 bits per heavy atom. The number of nitrogens with zero attached hydrogens (tertiary/aromatic N) is 2. The zero-order valence-corrected chi connectivity index (χ0v) is 8.99. The average Bonchev–Trinajstić information content (AvgIpc) is 2.34. The van der Waals surface area contributed by atoms with Crippen LogP contribution >= 0.6 is 0 Å². The summed E-state index contributed by atoms with van der Waals surface area (Å²) in [5.74, 6) is 0. The zero-order chi connectivity index (χ0) is 13.8. The van der Waals surface area contributed by atoms with E-state index < -0.39 is 18.8 Å². The van der Waals surface area contributed by atoms with Gasteiger partial charge in [0.25, 0.3) is 0 Å². The first-order chi connectivity index (χ1) is 8.38. The second-order valence-electron chi connectivity index (χ2n) is 3.42. The predicted molar refractivity (Wildman–Crippen MR) is 56.4 cm³/mol. The molecule has 4 nitrogen and oxygen atoms in total. The molecule has 0 amide bonds. The maximum Gasteiger partial charge on any atom is 0.416 e. The first-order valence-electron chi connectivity index (χ1n) is 4.81. The topological polar surface area (TPSA) is 79.8 Å². The van der Waals surface area contributed by atoms with Crippen LogP contribution in [0.25, 0.3) is 0 Å². The molecular weight excluding hydrogens is 247 g/mol. The molecule has 0 aliphatic carbocycles. The van der Waals surface area contributed by atoms with Crippen LogP contribution in [-0.4, -0.2) is 23.9 Å². The van der Waals surface area contributed by atoms with Crippen LogP contribution in [0.4, 0.5) is 18.9 Å². The van der Waals surface area contributed by atoms with Gasteiger partial charge in [-0.3, -0.25) is 0 Å². The van der Waals surface area contributed by atoms with E-state index in [0.717, 1.165) is 0 Å². The molecule has 0 radical (unpaired) electrons. The third-order valence-corrected chi connectivity index (χ3v) is 2.14. The Hall–Kier alpha value is -2.25. The molecular formula is C11H8F3N3O. The summed E-state index contributed by atoms with van der Waals surface area (Å²) in [5, 5.41) is 28.5. The van der Waals surface area contributed by atoms with Crippen LogP contribution in [0.5, 0.6) is 0 Å². The molecule has 0 fully saturated rings. The van der Waals surface area contributed by atoms with Crippen molar-refractivity contribution in [1.29, 1.82) is 10.5 Å². The fraction of sp³-hybridized carbons (Fsp3) is 0.273. The minimum atomic E-state index is -4.70. The lowest BCUT2D eigenvalue weighted by Gasteiger charge is -2.15. The highest BCUT2D eigenvalue weighted by Gasteiger charge is 2.37. The van der Waals surface area contributed by atoms with E-state index in [-0.39, 0.29) is 16.8 Å². The molecule has 1 aromatic carbocycles. The highest BCUT2D eigenvalue weighted by Crippen LogP contribution is 2.21. The second-order valence-corrected chi connectivity index (χ2v) is 3.42. The third kappa shape index (κ3) is 3.37. The Kier molecular flexibility index (Phi) is 4.13. The standard InChI is InChI=1S/C11H8F3N3O/c12-11(13,14)10(18)6-17-9-2-1-7(4-15)8(3-9)5-16/h1-3,10,17-18H,6H2. The van der Waals surface area contributed by atoms with E-state index in [1.54, 1.807) is 12.1 Å². The van der Waals surface area contributed by atoms with Gasteiger partial charge in [0.1, 0.15) is 12.1 Å². The van der Waals surface area contributed by atoms with Crippen molar-refractivity contribution in [2.24, 2.45) is 0 Å². The highest BCUT2D eigenvalue weighted by molar-refractivity contribution is 5.56. The summed E-state index contributed by atoms with van der Waals surface area (Å²) in [6, 6.07) is 7.48. The van der Waals surface area contributed by atoms with Crippen molar-refractivity contribution in [2.75, 3.05) is 11.9 Å². The van der Waals surface area contributed by atoms with Crippen molar-refractivity contribution in [3.63, 3.8) is 0 Å². The summed E-state index contributed by atoms with van der Waals surface area (Å²) >= 11 is 0. The Labute approximate surface area is 101 Å². The summed E-state index contributed by atoms with van der Waals surface area (Å²) in [7, 11) is 0. The number of alkyl halides is 3. The Bertz CT molecular complexity index is 514. The van der Waals surface area contributed by atoms with Crippen molar-refractivity contribution in [2.45, 2.75) is 12.3 Å². The Morgan fingerprint density at radius 3 is 2.33 bits per heavy atom. The second kappa shape index (κ2) is 5.39. The summed E-state index contributed by atoms with van der Waals surface area (Å²) in [4.78, 5) is 0. The SMILES string of the molecule is N#Cc1ccc(NCC(O)C(F)(F)F)cc1C#N. The predicted octanol–water partition coefficient (Wildman–Crippen LogP) is 1.77. The van der Waals surface area contributed by atoms with E-state index in [2.05, 4.69) is 5.32 Å². The van der Waals surface area contributed by atoms with E-state index in [1.165, 1.54) is 18.2 Å². The summed E-state index contributed by atoms with van der Waals surface area (Å²) in [5.41, 5.74) is 0.428. The van der Waals surface area contributed by atoms with E-state index in [4.69, 9.17) is 15.6 Å². The fourth-order valence-corrected chi connectivity index (χ4v) is 1.17. The Balaban J connectivity index is 2.77. The van der Waals surface area contributed by atoms with Crippen molar-refractivity contribution in [3.8, 4) is 12.1 Å². The molecule has 1 aromatic rings. The lowest BCUT2D eigenvalue weighted by molar-refractivity contribution is -0.198. The van der Waals surface area contributed by atoms with E-state index in [0.29, 0.717) is 0 Å². The van der Waals surface area contributed by atoms with E-state index in [9.17, 15) is 13.2 Å². The molecule has 0 heterocycles. The normalized spacial score (nSPS) is 12.3. The average molecular weight is 255 g/mol. The number of benzene rings is 1. The van der Waals surface area contributed by atoms with Crippen molar-refractivity contribution < 1.29 is 18.3 Å². The minimum Gasteiger partial charge on any atom is -0.382 e. The van der Waals surface area contributed by atoms with Gasteiger partial charge in [-0.15, -0.1) is 0 Å². The number of aliphatic hydroxyl groups excluding tert-OH is 1. The van der Waals surface area contributed by atoms with Crippen LogP contribution in [0.15, 0.2) is 18.2 Å². The van der Waals surface area contributed by atoms with Crippen LogP contribution in [-0.2, 0) is 0 Å². The van der Waals surface area contributed by atoms with Gasteiger partial charge in [-0.25, -0.2) is 0 Å². The molecule has 0 spiro atoms. The maximum absolute atomic E-state index is 12.0. The summed E-state index contributed by atoms with van der Waals surface area (Å²) < 4.78 is 36.1. The van der Waals surface area contributed by atoms with Crippen LogP contribution in [0.1, 0.15) is 11.1 Å². The van der Waals surface area contributed by atoms with Crippen LogP contribution in [0.3, 0.4) is 0 Å². The van der Waals surface area contributed by atoms with E-state index >= 15 is 0 Å². The first kappa shape index (κ1) is 13.8. The molecule has 1 rings (SSSR count). The van der Waals surface area contributed by atoms with Gasteiger partial charge in [-0.1, -0.05) is 0 Å². The number of nitrogens with one attached hydrogen (secondary N) is 1. The van der Waals surface area contributed by atoms with Gasteiger partial charge in [0.2, 0.25) is 0 Å². The summed E-state index contributed by atoms with van der Waals surface area (Å²) in [6.07, 6.45) is -7.18. The number of nitriles is 2. The van der Waals surface area contributed by atoms with Gasteiger partial charge in [0.05, 0.1) is 11.1 Å². The lowest BCUT2D eigenvalue weighted by atomic mass is 10.1. The molecule has 0 aliphatic heterocycles. The largest absolute Gasteiger partial charge is 0.416 e. The zero-order valence-electron chi connectivity index (χ0n) is 8.99. The monoisotopic (exact) mass is 255 g/mol. The number of hydrogen-bond donors (Lipinski definition) is 2. The molecule has 0 aromatic heterocycles. The fourth-order valence-electron chi connectivity index (χ4n) is 1.17. The molecule has 1 atom stereocenters. The molecule has 0 bridgehead atoms. The Morgan fingerprint density at radius 2 is 1.83 bits per heavy atom. The number of halogens is 3. The molecule has 7 heteroatoms. The molecule has 94 valence electrons. The number of hydrogen-bond acceptors (Lipinski definition) is 4. The number of anilines is 1.